The van der Waals surface area contributed by atoms with Gasteiger partial charge in [-0.05, 0) is 38.8 Å². The summed E-state index contributed by atoms with van der Waals surface area (Å²) < 4.78 is 4.49. The molecule has 170 valence electrons. The van der Waals surface area contributed by atoms with Gasteiger partial charge in [-0.25, -0.2) is 4.79 Å². The molecule has 1 aliphatic heterocycles. The molecule has 2 N–H and O–H groups in total. The molecule has 3 aromatic rings. The number of fused-ring (bicyclic) bond motifs is 1. The zero-order valence-corrected chi connectivity index (χ0v) is 19.1. The summed E-state index contributed by atoms with van der Waals surface area (Å²) in [5.41, 5.74) is 7.71. The lowest BCUT2D eigenvalue weighted by molar-refractivity contribution is 0.499. The lowest BCUT2D eigenvalue weighted by Gasteiger charge is -2.32. The van der Waals surface area contributed by atoms with E-state index in [9.17, 15) is 14.9 Å². The van der Waals surface area contributed by atoms with E-state index in [4.69, 9.17) is 5.73 Å². The van der Waals surface area contributed by atoms with Crippen molar-refractivity contribution >= 4 is 16.9 Å². The number of pyridine rings is 1. The lowest BCUT2D eigenvalue weighted by Crippen LogP contribution is -2.43. The van der Waals surface area contributed by atoms with Crippen LogP contribution in [0.2, 0.25) is 0 Å². The van der Waals surface area contributed by atoms with Crippen LogP contribution in [0.5, 0.6) is 0 Å². The summed E-state index contributed by atoms with van der Waals surface area (Å²) in [6, 6.07) is 7.42. The van der Waals surface area contributed by atoms with Crippen LogP contribution in [0.4, 0.5) is 5.82 Å². The quantitative estimate of drug-likeness (QED) is 0.601. The Labute approximate surface area is 191 Å². The number of nitriles is 1. The van der Waals surface area contributed by atoms with Crippen LogP contribution in [-0.4, -0.2) is 37.8 Å². The summed E-state index contributed by atoms with van der Waals surface area (Å²) in [7, 11) is 1.65. The fourth-order valence-electron chi connectivity index (χ4n) is 4.42. The molecule has 4 heterocycles. The molecule has 0 aromatic carbocycles. The van der Waals surface area contributed by atoms with Crippen LogP contribution in [0.15, 0.2) is 27.8 Å². The molecular formula is C24H27N7O2. The van der Waals surface area contributed by atoms with Gasteiger partial charge in [0, 0.05) is 37.9 Å². The number of nitrogens with two attached hydrogens (primary N) is 1. The van der Waals surface area contributed by atoms with E-state index in [1.807, 2.05) is 10.6 Å². The normalized spacial score (nSPS) is 15.8. The first-order valence-corrected chi connectivity index (χ1v) is 11.0. The number of aromatic nitrogens is 4. The summed E-state index contributed by atoms with van der Waals surface area (Å²) in [4.78, 5) is 33.4. The van der Waals surface area contributed by atoms with Crippen LogP contribution in [0.1, 0.15) is 36.7 Å². The van der Waals surface area contributed by atoms with Crippen LogP contribution in [-0.2, 0) is 20.1 Å². The molecule has 0 spiro atoms. The van der Waals surface area contributed by atoms with Gasteiger partial charge in [-0.2, -0.15) is 5.26 Å². The van der Waals surface area contributed by atoms with Gasteiger partial charge in [-0.1, -0.05) is 5.92 Å². The van der Waals surface area contributed by atoms with E-state index < -0.39 is 11.2 Å². The Balaban J connectivity index is 1.95. The Morgan fingerprint density at radius 3 is 2.76 bits per heavy atom. The van der Waals surface area contributed by atoms with E-state index in [1.54, 1.807) is 33.0 Å². The number of hydrogen-bond donors (Lipinski definition) is 1. The molecule has 33 heavy (non-hydrogen) atoms. The fraction of sp³-hybridized carbons (Fsp3) is 0.417. The third kappa shape index (κ3) is 4.04. The standard InChI is InChI=1S/C24H27N7O2/c1-4-5-11-30-21(29-10-6-7-18(26)14-29)12-20-22(30)23(32)31(24(33)28(20)3)15-19-17(13-25)9-8-16(2)27-19/h8-9,12,18H,6-7,10-11,14-15,26H2,1-3H3/t18-/m1/s1. The smallest absolute Gasteiger partial charge is 0.331 e. The number of aryl methyl sites for hydroxylation is 2. The van der Waals surface area contributed by atoms with Crippen molar-refractivity contribution in [3.05, 3.63) is 56.0 Å². The molecule has 0 aliphatic carbocycles. The third-order valence-corrected chi connectivity index (χ3v) is 6.12. The second-order valence-corrected chi connectivity index (χ2v) is 8.39. The Kier molecular flexibility index (Phi) is 6.08. The van der Waals surface area contributed by atoms with E-state index in [2.05, 4.69) is 27.8 Å². The molecule has 3 aromatic heterocycles. The monoisotopic (exact) mass is 445 g/mol. The Morgan fingerprint density at radius 2 is 2.06 bits per heavy atom. The van der Waals surface area contributed by atoms with Crippen molar-refractivity contribution in [1.82, 2.24) is 18.7 Å². The van der Waals surface area contributed by atoms with Gasteiger partial charge in [0.2, 0.25) is 0 Å². The molecule has 0 radical (unpaired) electrons. The number of rotatable bonds is 4. The second kappa shape index (κ2) is 8.97. The van der Waals surface area contributed by atoms with Crippen molar-refractivity contribution in [2.75, 3.05) is 18.0 Å². The Hall–Kier alpha value is -3.82. The highest BCUT2D eigenvalue weighted by molar-refractivity contribution is 5.81. The molecule has 9 nitrogen and oxygen atoms in total. The van der Waals surface area contributed by atoms with Gasteiger partial charge < -0.3 is 15.2 Å². The number of anilines is 1. The van der Waals surface area contributed by atoms with Crippen LogP contribution in [0.3, 0.4) is 0 Å². The number of hydrogen-bond acceptors (Lipinski definition) is 6. The van der Waals surface area contributed by atoms with Crippen LogP contribution in [0.25, 0.3) is 11.0 Å². The van der Waals surface area contributed by atoms with Crippen molar-refractivity contribution in [3.8, 4) is 17.9 Å². The highest BCUT2D eigenvalue weighted by atomic mass is 16.2. The SMILES string of the molecule is CC#CCn1c(N2CCC[C@@H](N)C2)cc2c1c(=O)n(Cc1nc(C)ccc1C#N)c(=O)n2C. The molecule has 0 unspecified atom stereocenters. The van der Waals surface area contributed by atoms with Crippen LogP contribution in [0, 0.1) is 30.1 Å². The first-order valence-electron chi connectivity index (χ1n) is 11.0. The van der Waals surface area contributed by atoms with Gasteiger partial charge in [0.15, 0.2) is 0 Å². The zero-order chi connectivity index (χ0) is 23.7. The van der Waals surface area contributed by atoms with Gasteiger partial charge in [-0.15, -0.1) is 5.92 Å². The van der Waals surface area contributed by atoms with Gasteiger partial charge in [0.05, 0.1) is 29.9 Å². The maximum atomic E-state index is 13.7. The van der Waals surface area contributed by atoms with Crippen molar-refractivity contribution < 1.29 is 0 Å². The van der Waals surface area contributed by atoms with Gasteiger partial charge >= 0.3 is 5.69 Å². The summed E-state index contributed by atoms with van der Waals surface area (Å²) in [5.74, 6) is 6.78. The highest BCUT2D eigenvalue weighted by Crippen LogP contribution is 2.26. The first-order chi connectivity index (χ1) is 15.8. The molecular weight excluding hydrogens is 418 g/mol. The topological polar surface area (TPSA) is 115 Å². The summed E-state index contributed by atoms with van der Waals surface area (Å²) in [5, 5.41) is 9.47. The minimum atomic E-state index is -0.458. The molecule has 9 heteroatoms. The van der Waals surface area contributed by atoms with E-state index in [-0.39, 0.29) is 12.6 Å². The van der Waals surface area contributed by atoms with E-state index >= 15 is 0 Å². The number of piperidine rings is 1. The Bertz CT molecular complexity index is 1440. The third-order valence-electron chi connectivity index (χ3n) is 6.12. The average molecular weight is 446 g/mol. The minimum absolute atomic E-state index is 0.0553. The predicted molar refractivity (Wildman–Crippen MR) is 127 cm³/mol. The molecule has 1 aliphatic rings. The maximum Gasteiger partial charge on any atom is 0.331 e. The highest BCUT2D eigenvalue weighted by Gasteiger charge is 2.25. The van der Waals surface area contributed by atoms with Gasteiger partial charge in [0.1, 0.15) is 17.4 Å². The zero-order valence-electron chi connectivity index (χ0n) is 19.1. The van der Waals surface area contributed by atoms with Crippen molar-refractivity contribution in [3.63, 3.8) is 0 Å². The average Bonchev–Trinajstić information content (AvgIpc) is 3.19. The number of nitrogens with zero attached hydrogens (tertiary/aromatic N) is 6. The first kappa shape index (κ1) is 22.4. The molecule has 0 saturated carbocycles. The van der Waals surface area contributed by atoms with E-state index in [0.29, 0.717) is 41.1 Å². The molecule has 1 fully saturated rings. The fourth-order valence-corrected chi connectivity index (χ4v) is 4.42. The van der Waals surface area contributed by atoms with Gasteiger partial charge in [0.25, 0.3) is 5.56 Å². The largest absolute Gasteiger partial charge is 0.356 e. The molecule has 4 rings (SSSR count). The van der Waals surface area contributed by atoms with E-state index in [1.165, 1.54) is 4.57 Å². The van der Waals surface area contributed by atoms with Crippen LogP contribution < -0.4 is 21.9 Å². The molecule has 1 saturated heterocycles. The van der Waals surface area contributed by atoms with Crippen molar-refractivity contribution in [1.29, 1.82) is 5.26 Å². The van der Waals surface area contributed by atoms with Gasteiger partial charge in [-0.3, -0.25) is 18.9 Å². The Morgan fingerprint density at radius 1 is 1.27 bits per heavy atom. The summed E-state index contributed by atoms with van der Waals surface area (Å²) in [6.45, 7) is 5.30. The maximum absolute atomic E-state index is 13.7. The van der Waals surface area contributed by atoms with E-state index in [0.717, 1.165) is 29.8 Å². The lowest BCUT2D eigenvalue weighted by atomic mass is 10.1. The second-order valence-electron chi connectivity index (χ2n) is 8.39. The van der Waals surface area contributed by atoms with Crippen molar-refractivity contribution in [2.24, 2.45) is 12.8 Å². The molecule has 0 bridgehead atoms. The van der Waals surface area contributed by atoms with Crippen molar-refractivity contribution in [2.45, 2.75) is 45.8 Å². The van der Waals surface area contributed by atoms with Crippen LogP contribution >= 0.6 is 0 Å². The summed E-state index contributed by atoms with van der Waals surface area (Å²) >= 11 is 0. The molecule has 0 amide bonds. The molecule has 1 atom stereocenters. The predicted octanol–water partition coefficient (Wildman–Crippen LogP) is 1.08. The minimum Gasteiger partial charge on any atom is -0.356 e. The summed E-state index contributed by atoms with van der Waals surface area (Å²) in [6.07, 6.45) is 1.92.